The first-order chi connectivity index (χ1) is 15.9. The first-order valence-corrected chi connectivity index (χ1v) is 10.4. The normalized spacial score (nSPS) is 20.1. The van der Waals surface area contributed by atoms with Crippen LogP contribution in [0.2, 0.25) is 0 Å². The van der Waals surface area contributed by atoms with Gasteiger partial charge < -0.3 is 34.9 Å². The number of pyridine rings is 1. The topological polar surface area (TPSA) is 139 Å². The van der Waals surface area contributed by atoms with Gasteiger partial charge in [-0.25, -0.2) is 14.6 Å². The number of aromatic nitrogens is 1. The first kappa shape index (κ1) is 22.3. The molecule has 33 heavy (non-hydrogen) atoms. The molecule has 3 atom stereocenters. The van der Waals surface area contributed by atoms with Gasteiger partial charge in [0, 0.05) is 13.0 Å². The fourth-order valence-corrected chi connectivity index (χ4v) is 3.92. The number of esters is 1. The number of rotatable bonds is 7. The number of carbonyl (C=O) groups excluding carboxylic acids is 2. The van der Waals surface area contributed by atoms with Gasteiger partial charge in [-0.2, -0.15) is 0 Å². The quantitative estimate of drug-likeness (QED) is 0.525. The highest BCUT2D eigenvalue weighted by Crippen LogP contribution is 2.31. The summed E-state index contributed by atoms with van der Waals surface area (Å²) in [6, 6.07) is 11.0. The van der Waals surface area contributed by atoms with Gasteiger partial charge in [0.1, 0.15) is 18.5 Å². The minimum Gasteiger partial charge on any atom is -0.480 e. The van der Waals surface area contributed by atoms with Crippen LogP contribution in [0.4, 0.5) is 16.4 Å². The Morgan fingerprint density at radius 2 is 2.06 bits per heavy atom. The summed E-state index contributed by atoms with van der Waals surface area (Å²) in [4.78, 5) is 42.3. The van der Waals surface area contributed by atoms with Crippen LogP contribution in [-0.4, -0.2) is 67.0 Å². The number of benzene rings is 1. The number of nitrogens with one attached hydrogen (secondary N) is 2. The van der Waals surface area contributed by atoms with Gasteiger partial charge in [0.05, 0.1) is 19.3 Å². The largest absolute Gasteiger partial charge is 0.480 e. The third-order valence-electron chi connectivity index (χ3n) is 5.54. The van der Waals surface area contributed by atoms with Crippen molar-refractivity contribution in [2.24, 2.45) is 5.92 Å². The van der Waals surface area contributed by atoms with Crippen LogP contribution >= 0.6 is 0 Å². The van der Waals surface area contributed by atoms with Gasteiger partial charge in [-0.3, -0.25) is 4.79 Å². The second-order valence-electron chi connectivity index (χ2n) is 7.76. The summed E-state index contributed by atoms with van der Waals surface area (Å²) in [6.45, 7) is 0.260. The molecule has 0 aliphatic carbocycles. The molecule has 0 spiro atoms. The number of hydrogen-bond acceptors (Lipinski definition) is 8. The van der Waals surface area contributed by atoms with Gasteiger partial charge in [-0.05, 0) is 17.7 Å². The van der Waals surface area contributed by atoms with Crippen LogP contribution in [0.15, 0.2) is 42.5 Å². The molecule has 1 unspecified atom stereocenters. The van der Waals surface area contributed by atoms with E-state index in [4.69, 9.17) is 14.2 Å². The number of fused-ring (bicyclic) bond motifs is 1. The van der Waals surface area contributed by atoms with Gasteiger partial charge in [-0.15, -0.1) is 0 Å². The number of likely N-dealkylation sites (N-methyl/N-ethyl adjacent to an activating group) is 1. The Bertz CT molecular complexity index is 1030. The smallest absolute Gasteiger partial charge is 0.404 e. The third kappa shape index (κ3) is 5.14. The zero-order valence-corrected chi connectivity index (χ0v) is 17.9. The summed E-state index contributed by atoms with van der Waals surface area (Å²) in [6.07, 6.45) is -1.21. The second kappa shape index (κ2) is 9.74. The molecule has 1 fully saturated rings. The molecule has 1 saturated heterocycles. The molecule has 11 nitrogen and oxygen atoms in total. The van der Waals surface area contributed by atoms with Gasteiger partial charge in [0.15, 0.2) is 18.2 Å². The number of anilines is 2. The van der Waals surface area contributed by atoms with Crippen LogP contribution in [-0.2, 0) is 25.7 Å². The number of nitrogens with zero attached hydrogens (tertiary/aromatic N) is 2. The van der Waals surface area contributed by atoms with Crippen molar-refractivity contribution in [2.75, 3.05) is 37.1 Å². The van der Waals surface area contributed by atoms with E-state index in [-0.39, 0.29) is 38.2 Å². The lowest BCUT2D eigenvalue weighted by Gasteiger charge is -2.34. The molecule has 0 radical (unpaired) electrons. The van der Waals surface area contributed by atoms with Gasteiger partial charge in [0.25, 0.3) is 5.91 Å². The van der Waals surface area contributed by atoms with Gasteiger partial charge in [0.2, 0.25) is 0 Å². The highest BCUT2D eigenvalue weighted by Gasteiger charge is 2.43. The zero-order valence-electron chi connectivity index (χ0n) is 17.9. The molecule has 3 heterocycles. The van der Waals surface area contributed by atoms with Crippen LogP contribution in [0, 0.1) is 5.92 Å². The molecule has 1 aromatic heterocycles. The van der Waals surface area contributed by atoms with Crippen molar-refractivity contribution >= 4 is 29.6 Å². The SMILES string of the molecule is CN(c1ccc2c(n1)NC(=O)CO2)C(C(=O)OCc1ccccc1)[C@H]1COC[C@@H]1NC(=O)O. The average Bonchev–Trinajstić information content (AvgIpc) is 3.24. The Labute approximate surface area is 189 Å². The number of ether oxygens (including phenoxy) is 3. The standard InChI is InChI=1S/C22H24N4O7/c1-26(17-8-7-16-20(24-17)25-18(27)12-32-16)19(14-10-31-11-15(14)23-22(29)30)21(28)33-9-13-5-3-2-4-6-13/h2-8,14-15,19,23H,9-12H2,1H3,(H,29,30)(H,24,25,27)/t14-,15-,19?/m0/s1. The van der Waals surface area contributed by atoms with E-state index in [1.165, 1.54) is 0 Å². The lowest BCUT2D eigenvalue weighted by Crippen LogP contribution is -2.53. The Balaban J connectivity index is 1.60. The molecule has 2 aliphatic rings. The molecular formula is C22H24N4O7. The summed E-state index contributed by atoms with van der Waals surface area (Å²) < 4.78 is 16.4. The maximum absolute atomic E-state index is 13.3. The molecular weight excluding hydrogens is 432 g/mol. The van der Waals surface area contributed by atoms with Crippen molar-refractivity contribution in [3.63, 3.8) is 0 Å². The predicted octanol–water partition coefficient (Wildman–Crippen LogP) is 1.24. The second-order valence-corrected chi connectivity index (χ2v) is 7.76. The van der Waals surface area contributed by atoms with E-state index >= 15 is 0 Å². The van der Waals surface area contributed by atoms with Crippen LogP contribution in [0.1, 0.15) is 5.56 Å². The molecule has 174 valence electrons. The van der Waals surface area contributed by atoms with Crippen LogP contribution < -0.4 is 20.3 Å². The van der Waals surface area contributed by atoms with E-state index in [1.54, 1.807) is 24.1 Å². The van der Waals surface area contributed by atoms with E-state index in [2.05, 4.69) is 15.6 Å². The Morgan fingerprint density at radius 1 is 1.27 bits per heavy atom. The van der Waals surface area contributed by atoms with Crippen molar-refractivity contribution in [1.29, 1.82) is 0 Å². The lowest BCUT2D eigenvalue weighted by atomic mass is 9.93. The van der Waals surface area contributed by atoms with E-state index in [1.807, 2.05) is 30.3 Å². The lowest BCUT2D eigenvalue weighted by molar-refractivity contribution is -0.148. The van der Waals surface area contributed by atoms with Crippen LogP contribution in [0.3, 0.4) is 0 Å². The number of carboxylic acid groups (broad SMARTS) is 1. The molecule has 2 aliphatic heterocycles. The third-order valence-corrected chi connectivity index (χ3v) is 5.54. The minimum absolute atomic E-state index is 0.0656. The summed E-state index contributed by atoms with van der Waals surface area (Å²) >= 11 is 0. The van der Waals surface area contributed by atoms with Crippen molar-refractivity contribution < 1.29 is 33.7 Å². The average molecular weight is 456 g/mol. The zero-order chi connectivity index (χ0) is 23.4. The summed E-state index contributed by atoms with van der Waals surface area (Å²) in [5.41, 5.74) is 0.821. The highest BCUT2D eigenvalue weighted by atomic mass is 16.5. The van der Waals surface area contributed by atoms with Gasteiger partial charge in [-0.1, -0.05) is 30.3 Å². The van der Waals surface area contributed by atoms with Crippen molar-refractivity contribution in [3.05, 3.63) is 48.0 Å². The Kier molecular flexibility index (Phi) is 6.59. The predicted molar refractivity (Wildman–Crippen MR) is 116 cm³/mol. The van der Waals surface area contributed by atoms with Crippen molar-refractivity contribution in [1.82, 2.24) is 10.3 Å². The molecule has 1 aromatic carbocycles. The summed E-state index contributed by atoms with van der Waals surface area (Å²) in [5, 5.41) is 14.3. The van der Waals surface area contributed by atoms with E-state index in [9.17, 15) is 19.5 Å². The molecule has 11 heteroatoms. The maximum atomic E-state index is 13.3. The monoisotopic (exact) mass is 456 g/mol. The van der Waals surface area contributed by atoms with Crippen molar-refractivity contribution in [2.45, 2.75) is 18.7 Å². The van der Waals surface area contributed by atoms with Crippen LogP contribution in [0.25, 0.3) is 0 Å². The van der Waals surface area contributed by atoms with E-state index in [0.29, 0.717) is 11.6 Å². The van der Waals surface area contributed by atoms with Crippen molar-refractivity contribution in [3.8, 4) is 5.75 Å². The van der Waals surface area contributed by atoms with Gasteiger partial charge >= 0.3 is 12.1 Å². The molecule has 0 bridgehead atoms. The molecule has 2 aromatic rings. The van der Waals surface area contributed by atoms with E-state index in [0.717, 1.165) is 5.56 Å². The number of amides is 2. The fraction of sp³-hybridized carbons (Fsp3) is 0.364. The first-order valence-electron chi connectivity index (χ1n) is 10.4. The molecule has 4 rings (SSSR count). The highest BCUT2D eigenvalue weighted by molar-refractivity contribution is 5.94. The summed E-state index contributed by atoms with van der Waals surface area (Å²) in [5.74, 6) is -0.364. The van der Waals surface area contributed by atoms with E-state index < -0.39 is 30.1 Å². The maximum Gasteiger partial charge on any atom is 0.404 e. The fourth-order valence-electron chi connectivity index (χ4n) is 3.92. The molecule has 2 amide bonds. The Hall–Kier alpha value is -3.86. The van der Waals surface area contributed by atoms with Crippen LogP contribution in [0.5, 0.6) is 5.75 Å². The minimum atomic E-state index is -1.21. The number of hydrogen-bond donors (Lipinski definition) is 3. The summed E-state index contributed by atoms with van der Waals surface area (Å²) in [7, 11) is 1.66. The molecule has 3 N–H and O–H groups in total. The number of carbonyl (C=O) groups is 3. The molecule has 0 saturated carbocycles. The Morgan fingerprint density at radius 3 is 2.82 bits per heavy atom.